The van der Waals surface area contributed by atoms with Crippen LogP contribution in [0.1, 0.15) is 10.4 Å². The molecular formula is C10H14N2O4. The maximum atomic E-state index is 11.8. The highest BCUT2D eigenvalue weighted by Gasteiger charge is 2.17. The summed E-state index contributed by atoms with van der Waals surface area (Å²) < 4.78 is 10.0. The first kappa shape index (κ1) is 12.3. The van der Waals surface area contributed by atoms with Gasteiger partial charge in [0.1, 0.15) is 11.3 Å². The van der Waals surface area contributed by atoms with Crippen molar-refractivity contribution in [2.45, 2.75) is 0 Å². The lowest BCUT2D eigenvalue weighted by Gasteiger charge is -2.15. The molecule has 1 aromatic heterocycles. The van der Waals surface area contributed by atoms with Crippen LogP contribution in [-0.4, -0.2) is 44.3 Å². The molecule has 88 valence electrons. The van der Waals surface area contributed by atoms with Crippen LogP contribution in [0.5, 0.6) is 11.6 Å². The molecule has 0 spiro atoms. The molecule has 1 heterocycles. The van der Waals surface area contributed by atoms with Crippen LogP contribution in [0, 0.1) is 0 Å². The van der Waals surface area contributed by atoms with E-state index in [0.717, 1.165) is 5.06 Å². The number of ether oxygens (including phenoxy) is 2. The number of hydrogen-bond donors (Lipinski definition) is 0. The summed E-state index contributed by atoms with van der Waals surface area (Å²) in [6.45, 7) is 0. The third-order valence-electron chi connectivity index (χ3n) is 2.06. The van der Waals surface area contributed by atoms with E-state index < -0.39 is 0 Å². The fourth-order valence-corrected chi connectivity index (χ4v) is 1.11. The molecule has 6 nitrogen and oxygen atoms in total. The number of carbonyl (C=O) groups is 1. The van der Waals surface area contributed by atoms with Crippen molar-refractivity contribution in [1.29, 1.82) is 0 Å². The molecular weight excluding hydrogens is 212 g/mol. The Hall–Kier alpha value is -1.82. The van der Waals surface area contributed by atoms with Gasteiger partial charge in [0, 0.05) is 19.3 Å². The van der Waals surface area contributed by atoms with Crippen LogP contribution in [0.15, 0.2) is 12.3 Å². The van der Waals surface area contributed by atoms with Crippen LogP contribution in [0.2, 0.25) is 0 Å². The quantitative estimate of drug-likeness (QED) is 0.708. The minimum atomic E-state index is -0.338. The zero-order chi connectivity index (χ0) is 12.1. The fourth-order valence-electron chi connectivity index (χ4n) is 1.11. The Morgan fingerprint density at radius 2 is 2.00 bits per heavy atom. The Kier molecular flexibility index (Phi) is 4.07. The van der Waals surface area contributed by atoms with E-state index in [1.807, 2.05) is 0 Å². The normalized spacial score (nSPS) is 9.75. The molecule has 0 aliphatic carbocycles. The summed E-state index contributed by atoms with van der Waals surface area (Å²) in [5, 5.41) is 1.09. The zero-order valence-electron chi connectivity index (χ0n) is 9.68. The average Bonchev–Trinajstić information content (AvgIpc) is 2.35. The molecule has 1 aromatic rings. The van der Waals surface area contributed by atoms with Crippen LogP contribution in [0.25, 0.3) is 0 Å². The Labute approximate surface area is 93.7 Å². The minimum Gasteiger partial charge on any atom is -0.496 e. The van der Waals surface area contributed by atoms with Gasteiger partial charge in [-0.05, 0) is 0 Å². The number of methoxy groups -OCH3 is 2. The molecule has 0 radical (unpaired) electrons. The Balaban J connectivity index is 3.08. The van der Waals surface area contributed by atoms with Crippen molar-refractivity contribution in [2.24, 2.45) is 0 Å². The van der Waals surface area contributed by atoms with E-state index in [2.05, 4.69) is 4.98 Å². The van der Waals surface area contributed by atoms with Crippen molar-refractivity contribution >= 4 is 5.91 Å². The monoisotopic (exact) mass is 226 g/mol. The second kappa shape index (κ2) is 5.32. The molecule has 0 saturated heterocycles. The van der Waals surface area contributed by atoms with Gasteiger partial charge < -0.3 is 9.47 Å². The third-order valence-corrected chi connectivity index (χ3v) is 2.06. The van der Waals surface area contributed by atoms with Crippen LogP contribution in [-0.2, 0) is 4.84 Å². The lowest BCUT2D eigenvalue weighted by molar-refractivity contribution is -0.0758. The minimum absolute atomic E-state index is 0.313. The standard InChI is InChI=1S/C10H14N2O4/c1-12(16-4)10(13)7-6-11-9(15-3)5-8(7)14-2/h5-6H,1-4H3. The Bertz CT molecular complexity index is 381. The van der Waals surface area contributed by atoms with Gasteiger partial charge in [0.05, 0.1) is 21.3 Å². The molecule has 1 amide bonds. The number of rotatable bonds is 4. The summed E-state index contributed by atoms with van der Waals surface area (Å²) in [6, 6.07) is 1.54. The van der Waals surface area contributed by atoms with Crippen LogP contribution in [0.4, 0.5) is 0 Å². The van der Waals surface area contributed by atoms with E-state index in [0.29, 0.717) is 17.2 Å². The predicted octanol–water partition coefficient (Wildman–Crippen LogP) is 0.732. The summed E-state index contributed by atoms with van der Waals surface area (Å²) in [4.78, 5) is 20.5. The number of aromatic nitrogens is 1. The van der Waals surface area contributed by atoms with Gasteiger partial charge >= 0.3 is 0 Å². The molecule has 0 saturated carbocycles. The molecule has 6 heteroatoms. The van der Waals surface area contributed by atoms with Crippen molar-refractivity contribution in [3.63, 3.8) is 0 Å². The predicted molar refractivity (Wildman–Crippen MR) is 56.4 cm³/mol. The number of carbonyl (C=O) groups excluding carboxylic acids is 1. The number of hydrogen-bond acceptors (Lipinski definition) is 5. The van der Waals surface area contributed by atoms with E-state index in [9.17, 15) is 4.79 Å². The molecule has 0 aliphatic heterocycles. The van der Waals surface area contributed by atoms with Crippen molar-refractivity contribution in [3.8, 4) is 11.6 Å². The van der Waals surface area contributed by atoms with Gasteiger partial charge in [-0.1, -0.05) is 0 Å². The summed E-state index contributed by atoms with van der Waals surface area (Å²) in [5.74, 6) is 0.434. The molecule has 16 heavy (non-hydrogen) atoms. The van der Waals surface area contributed by atoms with Crippen LogP contribution >= 0.6 is 0 Å². The first-order valence-corrected chi connectivity index (χ1v) is 4.54. The van der Waals surface area contributed by atoms with E-state index in [4.69, 9.17) is 14.3 Å². The number of amides is 1. The zero-order valence-corrected chi connectivity index (χ0v) is 9.68. The molecule has 0 unspecified atom stereocenters. The second-order valence-corrected chi connectivity index (χ2v) is 2.91. The topological polar surface area (TPSA) is 60.9 Å². The van der Waals surface area contributed by atoms with E-state index in [1.54, 1.807) is 0 Å². The lowest BCUT2D eigenvalue weighted by Crippen LogP contribution is -2.26. The summed E-state index contributed by atoms with van der Waals surface area (Å²) in [6.07, 6.45) is 1.38. The smallest absolute Gasteiger partial charge is 0.282 e. The van der Waals surface area contributed by atoms with Crippen molar-refractivity contribution in [2.75, 3.05) is 28.4 Å². The van der Waals surface area contributed by atoms with Gasteiger partial charge in [0.15, 0.2) is 0 Å². The molecule has 0 N–H and O–H groups in total. The molecule has 0 atom stereocenters. The number of nitrogens with zero attached hydrogens (tertiary/aromatic N) is 2. The summed E-state index contributed by atoms with van der Waals surface area (Å²) in [7, 11) is 5.87. The first-order valence-electron chi connectivity index (χ1n) is 4.54. The van der Waals surface area contributed by atoms with E-state index in [1.165, 1.54) is 40.6 Å². The number of pyridine rings is 1. The molecule has 0 fully saturated rings. The van der Waals surface area contributed by atoms with Gasteiger partial charge in [-0.15, -0.1) is 0 Å². The van der Waals surface area contributed by atoms with Crippen molar-refractivity contribution in [3.05, 3.63) is 17.8 Å². The maximum absolute atomic E-state index is 11.8. The van der Waals surface area contributed by atoms with Gasteiger partial charge in [0.25, 0.3) is 5.91 Å². The van der Waals surface area contributed by atoms with Gasteiger partial charge in [0.2, 0.25) is 5.88 Å². The first-order chi connectivity index (χ1) is 7.63. The van der Waals surface area contributed by atoms with Crippen LogP contribution in [0.3, 0.4) is 0 Å². The largest absolute Gasteiger partial charge is 0.496 e. The number of hydroxylamine groups is 2. The van der Waals surface area contributed by atoms with Crippen molar-refractivity contribution < 1.29 is 19.1 Å². The SMILES string of the molecule is COc1cc(OC)c(C(=O)N(C)OC)cn1. The van der Waals surface area contributed by atoms with Gasteiger partial charge in [-0.3, -0.25) is 9.63 Å². The van der Waals surface area contributed by atoms with Gasteiger partial charge in [-0.25, -0.2) is 10.0 Å². The molecule has 0 aromatic carbocycles. The average molecular weight is 226 g/mol. The molecule has 0 bridgehead atoms. The van der Waals surface area contributed by atoms with Gasteiger partial charge in [-0.2, -0.15) is 0 Å². The Morgan fingerprint density at radius 1 is 1.31 bits per heavy atom. The van der Waals surface area contributed by atoms with Crippen LogP contribution < -0.4 is 9.47 Å². The molecule has 1 rings (SSSR count). The maximum Gasteiger partial charge on any atom is 0.282 e. The van der Waals surface area contributed by atoms with E-state index in [-0.39, 0.29) is 5.91 Å². The highest BCUT2D eigenvalue weighted by Crippen LogP contribution is 2.22. The highest BCUT2D eigenvalue weighted by molar-refractivity contribution is 5.95. The summed E-state index contributed by atoms with van der Waals surface area (Å²) >= 11 is 0. The summed E-state index contributed by atoms with van der Waals surface area (Å²) in [5.41, 5.74) is 0.313. The fraction of sp³-hybridized carbons (Fsp3) is 0.400. The molecule has 0 aliphatic rings. The van der Waals surface area contributed by atoms with Crippen molar-refractivity contribution in [1.82, 2.24) is 10.0 Å². The lowest BCUT2D eigenvalue weighted by atomic mass is 10.2. The second-order valence-electron chi connectivity index (χ2n) is 2.91. The Morgan fingerprint density at radius 3 is 2.50 bits per heavy atom. The van der Waals surface area contributed by atoms with E-state index >= 15 is 0 Å². The third kappa shape index (κ3) is 2.40. The highest BCUT2D eigenvalue weighted by atomic mass is 16.7.